The van der Waals surface area contributed by atoms with Crippen LogP contribution < -0.4 is 5.32 Å². The molecule has 0 saturated carbocycles. The van der Waals surface area contributed by atoms with Crippen molar-refractivity contribution in [2.75, 3.05) is 13.6 Å². The molecule has 1 aromatic rings. The number of rotatable bonds is 3. The smallest absolute Gasteiger partial charge is 0.225 e. The molecule has 0 aromatic carbocycles. The molecule has 102 valence electrons. The second-order valence-corrected chi connectivity index (χ2v) is 4.98. The molecule has 0 aliphatic carbocycles. The number of likely N-dealkylation sites (tertiary alicyclic amines) is 1. The minimum absolute atomic E-state index is 0.0714. The van der Waals surface area contributed by atoms with Crippen molar-refractivity contribution in [2.24, 2.45) is 5.92 Å². The number of hydrogen-bond acceptors (Lipinski definition) is 4. The molecule has 1 aromatic heterocycles. The maximum Gasteiger partial charge on any atom is 0.225 e. The van der Waals surface area contributed by atoms with Crippen LogP contribution in [-0.2, 0) is 16.1 Å². The van der Waals surface area contributed by atoms with Crippen molar-refractivity contribution < 1.29 is 9.59 Å². The third kappa shape index (κ3) is 3.64. The van der Waals surface area contributed by atoms with E-state index < -0.39 is 0 Å². The highest BCUT2D eigenvalue weighted by atomic mass is 35.5. The molecule has 0 bridgehead atoms. The predicted octanol–water partition coefficient (Wildman–Crippen LogP) is 0.615. The molecule has 1 fully saturated rings. The van der Waals surface area contributed by atoms with Gasteiger partial charge in [0.2, 0.25) is 11.8 Å². The highest BCUT2D eigenvalue weighted by molar-refractivity contribution is 6.30. The number of nitrogens with one attached hydrogen (secondary N) is 1. The summed E-state index contributed by atoms with van der Waals surface area (Å²) in [5, 5.41) is 3.24. The number of carbonyl (C=O) groups is 2. The van der Waals surface area contributed by atoms with Crippen LogP contribution in [0.3, 0.4) is 0 Å². The van der Waals surface area contributed by atoms with Gasteiger partial charge in [0.05, 0.1) is 17.5 Å². The molecular formula is C12H15ClN4O2. The molecule has 19 heavy (non-hydrogen) atoms. The van der Waals surface area contributed by atoms with Crippen LogP contribution in [0.5, 0.6) is 0 Å². The van der Waals surface area contributed by atoms with E-state index in [1.165, 1.54) is 12.4 Å². The van der Waals surface area contributed by atoms with Gasteiger partial charge < -0.3 is 10.2 Å². The molecule has 1 atom stereocenters. The summed E-state index contributed by atoms with van der Waals surface area (Å²) in [6.45, 7) is 0.732. The second kappa shape index (κ2) is 5.97. The third-order valence-electron chi connectivity index (χ3n) is 3.09. The zero-order chi connectivity index (χ0) is 13.8. The SMILES string of the molecule is CN1C[C@@H](C(=O)NCc2ncc(Cl)cn2)CCC1=O. The van der Waals surface area contributed by atoms with Crippen LogP contribution in [0.2, 0.25) is 5.02 Å². The van der Waals surface area contributed by atoms with E-state index in [2.05, 4.69) is 15.3 Å². The number of carbonyl (C=O) groups excluding carboxylic acids is 2. The first-order valence-electron chi connectivity index (χ1n) is 6.04. The van der Waals surface area contributed by atoms with Crippen molar-refractivity contribution in [2.45, 2.75) is 19.4 Å². The van der Waals surface area contributed by atoms with Gasteiger partial charge in [0, 0.05) is 32.4 Å². The van der Waals surface area contributed by atoms with Crippen LogP contribution in [0, 0.1) is 5.92 Å². The van der Waals surface area contributed by atoms with Gasteiger partial charge in [0.15, 0.2) is 0 Å². The average Bonchev–Trinajstić information content (AvgIpc) is 2.41. The lowest BCUT2D eigenvalue weighted by atomic mass is 9.97. The summed E-state index contributed by atoms with van der Waals surface area (Å²) >= 11 is 5.68. The first kappa shape index (κ1) is 13.7. The first-order chi connectivity index (χ1) is 9.06. The Balaban J connectivity index is 1.84. The highest BCUT2D eigenvalue weighted by Gasteiger charge is 2.27. The lowest BCUT2D eigenvalue weighted by Gasteiger charge is -2.28. The van der Waals surface area contributed by atoms with Crippen molar-refractivity contribution in [3.8, 4) is 0 Å². The molecular weight excluding hydrogens is 268 g/mol. The van der Waals surface area contributed by atoms with E-state index >= 15 is 0 Å². The van der Waals surface area contributed by atoms with Crippen molar-refractivity contribution in [3.63, 3.8) is 0 Å². The lowest BCUT2D eigenvalue weighted by molar-refractivity contribution is -0.136. The highest BCUT2D eigenvalue weighted by Crippen LogP contribution is 2.16. The van der Waals surface area contributed by atoms with Crippen LogP contribution in [0.25, 0.3) is 0 Å². The van der Waals surface area contributed by atoms with Crippen molar-refractivity contribution in [1.29, 1.82) is 0 Å². The molecule has 2 amide bonds. The summed E-state index contributed by atoms with van der Waals surface area (Å²) in [4.78, 5) is 32.9. The standard InChI is InChI=1S/C12H15ClN4O2/c1-17-7-8(2-3-11(17)18)12(19)16-6-10-14-4-9(13)5-15-10/h4-5,8H,2-3,6-7H2,1H3,(H,16,19)/t8-/m0/s1. The quantitative estimate of drug-likeness (QED) is 0.882. The van der Waals surface area contributed by atoms with Crippen LogP contribution in [0.1, 0.15) is 18.7 Å². The van der Waals surface area contributed by atoms with Gasteiger partial charge in [-0.15, -0.1) is 0 Å². The second-order valence-electron chi connectivity index (χ2n) is 4.55. The van der Waals surface area contributed by atoms with Crippen LogP contribution in [0.15, 0.2) is 12.4 Å². The van der Waals surface area contributed by atoms with Crippen molar-refractivity contribution in [3.05, 3.63) is 23.2 Å². The minimum Gasteiger partial charge on any atom is -0.349 e. The third-order valence-corrected chi connectivity index (χ3v) is 3.29. The molecule has 1 saturated heterocycles. The normalized spacial score (nSPS) is 19.4. The Kier molecular flexibility index (Phi) is 4.31. The topological polar surface area (TPSA) is 75.2 Å². The van der Waals surface area contributed by atoms with Crippen LogP contribution in [0.4, 0.5) is 0 Å². The fourth-order valence-corrected chi connectivity index (χ4v) is 2.06. The molecule has 1 N–H and O–H groups in total. The van der Waals surface area contributed by atoms with Gasteiger partial charge in [0.1, 0.15) is 5.82 Å². The molecule has 7 heteroatoms. The predicted molar refractivity (Wildman–Crippen MR) is 69.2 cm³/mol. The Hall–Kier alpha value is -1.69. The van der Waals surface area contributed by atoms with E-state index in [4.69, 9.17) is 11.6 Å². The van der Waals surface area contributed by atoms with Crippen LogP contribution >= 0.6 is 11.6 Å². The summed E-state index contributed by atoms with van der Waals surface area (Å²) in [5.74, 6) is 0.371. The summed E-state index contributed by atoms with van der Waals surface area (Å²) in [6, 6.07) is 0. The number of amides is 2. The number of halogens is 1. The Bertz CT molecular complexity index is 477. The fraction of sp³-hybridized carbons (Fsp3) is 0.500. The summed E-state index contributed by atoms with van der Waals surface area (Å²) in [7, 11) is 1.71. The molecule has 2 heterocycles. The molecule has 0 unspecified atom stereocenters. The van der Waals surface area contributed by atoms with Gasteiger partial charge >= 0.3 is 0 Å². The lowest BCUT2D eigenvalue weighted by Crippen LogP contribution is -2.43. The van der Waals surface area contributed by atoms with Crippen molar-refractivity contribution in [1.82, 2.24) is 20.2 Å². The number of nitrogens with zero attached hydrogens (tertiary/aromatic N) is 3. The maximum atomic E-state index is 12.0. The Morgan fingerprint density at radius 3 is 2.84 bits per heavy atom. The largest absolute Gasteiger partial charge is 0.349 e. The van der Waals surface area contributed by atoms with E-state index in [0.29, 0.717) is 30.2 Å². The molecule has 0 spiro atoms. The number of aromatic nitrogens is 2. The average molecular weight is 283 g/mol. The van der Waals surface area contributed by atoms with Gasteiger partial charge in [-0.05, 0) is 6.42 Å². The zero-order valence-corrected chi connectivity index (χ0v) is 11.4. The van der Waals surface area contributed by atoms with Gasteiger partial charge in [-0.1, -0.05) is 11.6 Å². The molecule has 1 aliphatic rings. The Labute approximate surface area is 116 Å². The summed E-state index contributed by atoms with van der Waals surface area (Å²) in [6.07, 6.45) is 3.99. The van der Waals surface area contributed by atoms with Gasteiger partial charge in [-0.2, -0.15) is 0 Å². The van der Waals surface area contributed by atoms with Gasteiger partial charge in [-0.3, -0.25) is 9.59 Å². The zero-order valence-electron chi connectivity index (χ0n) is 10.6. The van der Waals surface area contributed by atoms with Gasteiger partial charge in [0.25, 0.3) is 0 Å². The number of piperidine rings is 1. The molecule has 0 radical (unpaired) electrons. The van der Waals surface area contributed by atoms with Gasteiger partial charge in [-0.25, -0.2) is 9.97 Å². The summed E-state index contributed by atoms with van der Waals surface area (Å²) in [5.41, 5.74) is 0. The Morgan fingerprint density at radius 2 is 2.21 bits per heavy atom. The fourth-order valence-electron chi connectivity index (χ4n) is 1.97. The monoisotopic (exact) mass is 282 g/mol. The van der Waals surface area contributed by atoms with E-state index in [1.807, 2.05) is 0 Å². The summed E-state index contributed by atoms with van der Waals surface area (Å²) < 4.78 is 0. The minimum atomic E-state index is -0.157. The van der Waals surface area contributed by atoms with Crippen LogP contribution in [-0.4, -0.2) is 40.3 Å². The first-order valence-corrected chi connectivity index (χ1v) is 6.42. The molecule has 1 aliphatic heterocycles. The van der Waals surface area contributed by atoms with E-state index in [-0.39, 0.29) is 24.3 Å². The van der Waals surface area contributed by atoms with Crippen molar-refractivity contribution >= 4 is 23.4 Å². The Morgan fingerprint density at radius 1 is 1.53 bits per heavy atom. The molecule has 6 nitrogen and oxygen atoms in total. The number of hydrogen-bond donors (Lipinski definition) is 1. The van der Waals surface area contributed by atoms with E-state index in [1.54, 1.807) is 11.9 Å². The maximum absolute atomic E-state index is 12.0. The molecule has 2 rings (SSSR count). The van der Waals surface area contributed by atoms with E-state index in [0.717, 1.165) is 0 Å². The van der Waals surface area contributed by atoms with E-state index in [9.17, 15) is 9.59 Å².